The predicted octanol–water partition coefficient (Wildman–Crippen LogP) is 3.14. The molecular weight excluding hydrogens is 200 g/mol. The molecule has 1 rings (SSSR count). The van der Waals surface area contributed by atoms with E-state index in [4.69, 9.17) is 21.1 Å². The summed E-state index contributed by atoms with van der Waals surface area (Å²) < 4.78 is 10.7. The Labute approximate surface area is 89.8 Å². The minimum Gasteiger partial charge on any atom is -0.489 e. The Morgan fingerprint density at radius 3 is 2.64 bits per heavy atom. The van der Waals surface area contributed by atoms with Crippen LogP contribution in [0, 0.1) is 0 Å². The highest BCUT2D eigenvalue weighted by Crippen LogP contribution is 2.23. The van der Waals surface area contributed by atoms with Gasteiger partial charge in [-0.3, -0.25) is 0 Å². The number of ether oxygens (including phenoxy) is 2. The van der Waals surface area contributed by atoms with E-state index < -0.39 is 0 Å². The fourth-order valence-electron chi connectivity index (χ4n) is 1.10. The molecule has 0 N–H and O–H groups in total. The van der Waals surface area contributed by atoms with Gasteiger partial charge in [-0.15, -0.1) is 0 Å². The number of hydrogen-bond acceptors (Lipinski definition) is 2. The molecule has 0 spiro atoms. The summed E-state index contributed by atoms with van der Waals surface area (Å²) in [5.74, 6) is 0.713. The van der Waals surface area contributed by atoms with Crippen molar-refractivity contribution in [2.45, 2.75) is 19.4 Å². The molecule has 0 aliphatic rings. The standard InChI is InChI=1S/C11H15ClO2/c1-3-9(13-2)8-14-11-7-5-4-6-10(11)12/h4-7,9H,3,8H2,1-2H3/t9-/m0/s1. The van der Waals surface area contributed by atoms with Crippen molar-refractivity contribution in [2.75, 3.05) is 13.7 Å². The molecule has 0 amide bonds. The summed E-state index contributed by atoms with van der Waals surface area (Å²) in [7, 11) is 1.68. The van der Waals surface area contributed by atoms with E-state index >= 15 is 0 Å². The van der Waals surface area contributed by atoms with Gasteiger partial charge >= 0.3 is 0 Å². The van der Waals surface area contributed by atoms with Gasteiger partial charge in [0.25, 0.3) is 0 Å². The molecule has 0 bridgehead atoms. The summed E-state index contributed by atoms with van der Waals surface area (Å²) >= 11 is 5.93. The topological polar surface area (TPSA) is 18.5 Å². The second kappa shape index (κ2) is 5.89. The van der Waals surface area contributed by atoms with Crippen molar-refractivity contribution in [1.82, 2.24) is 0 Å². The largest absolute Gasteiger partial charge is 0.489 e. The second-order valence-corrected chi connectivity index (χ2v) is 3.41. The van der Waals surface area contributed by atoms with Gasteiger partial charge in [0.05, 0.1) is 11.1 Å². The SMILES string of the molecule is CC[C@@H](COc1ccccc1Cl)OC. The molecule has 0 heterocycles. The first-order valence-corrected chi connectivity index (χ1v) is 5.05. The van der Waals surface area contributed by atoms with Gasteiger partial charge in [-0.1, -0.05) is 30.7 Å². The maximum Gasteiger partial charge on any atom is 0.138 e. The number of rotatable bonds is 5. The van der Waals surface area contributed by atoms with Crippen LogP contribution in [0.4, 0.5) is 0 Å². The van der Waals surface area contributed by atoms with Crippen LogP contribution in [0.15, 0.2) is 24.3 Å². The third-order valence-electron chi connectivity index (χ3n) is 2.05. The molecule has 0 saturated heterocycles. The maximum absolute atomic E-state index is 5.93. The first kappa shape index (κ1) is 11.3. The molecule has 1 aromatic carbocycles. The van der Waals surface area contributed by atoms with Crippen molar-refractivity contribution in [3.8, 4) is 5.75 Å². The molecule has 14 heavy (non-hydrogen) atoms. The van der Waals surface area contributed by atoms with Crippen LogP contribution in [-0.2, 0) is 4.74 Å². The van der Waals surface area contributed by atoms with Gasteiger partial charge in [0.1, 0.15) is 12.4 Å². The van der Waals surface area contributed by atoms with Crippen LogP contribution < -0.4 is 4.74 Å². The highest BCUT2D eigenvalue weighted by atomic mass is 35.5. The molecule has 0 radical (unpaired) electrons. The van der Waals surface area contributed by atoms with Crippen molar-refractivity contribution in [1.29, 1.82) is 0 Å². The Morgan fingerprint density at radius 1 is 1.36 bits per heavy atom. The molecule has 0 aliphatic heterocycles. The van der Waals surface area contributed by atoms with Crippen molar-refractivity contribution in [3.05, 3.63) is 29.3 Å². The van der Waals surface area contributed by atoms with E-state index in [-0.39, 0.29) is 6.10 Å². The van der Waals surface area contributed by atoms with E-state index in [9.17, 15) is 0 Å². The molecule has 3 heteroatoms. The quantitative estimate of drug-likeness (QED) is 0.750. The molecule has 1 atom stereocenters. The summed E-state index contributed by atoms with van der Waals surface area (Å²) in [5, 5.41) is 0.637. The molecule has 0 fully saturated rings. The third kappa shape index (κ3) is 3.20. The minimum atomic E-state index is 0.131. The summed E-state index contributed by atoms with van der Waals surface area (Å²) in [4.78, 5) is 0. The lowest BCUT2D eigenvalue weighted by Gasteiger charge is -2.14. The van der Waals surface area contributed by atoms with E-state index in [0.29, 0.717) is 17.4 Å². The zero-order chi connectivity index (χ0) is 10.4. The predicted molar refractivity (Wildman–Crippen MR) is 58.0 cm³/mol. The Morgan fingerprint density at radius 2 is 2.07 bits per heavy atom. The van der Waals surface area contributed by atoms with Crippen molar-refractivity contribution >= 4 is 11.6 Å². The van der Waals surface area contributed by atoms with Gasteiger partial charge in [0.2, 0.25) is 0 Å². The summed E-state index contributed by atoms with van der Waals surface area (Å²) in [6.45, 7) is 2.60. The zero-order valence-electron chi connectivity index (χ0n) is 8.50. The minimum absolute atomic E-state index is 0.131. The number of hydrogen-bond donors (Lipinski definition) is 0. The molecule has 0 saturated carbocycles. The highest BCUT2D eigenvalue weighted by molar-refractivity contribution is 6.32. The molecule has 0 unspecified atom stereocenters. The number of benzene rings is 1. The van der Waals surface area contributed by atoms with Crippen LogP contribution in [0.25, 0.3) is 0 Å². The monoisotopic (exact) mass is 214 g/mol. The molecule has 78 valence electrons. The molecule has 0 aliphatic carbocycles. The van der Waals surface area contributed by atoms with Gasteiger partial charge in [0, 0.05) is 7.11 Å². The van der Waals surface area contributed by atoms with Gasteiger partial charge in [-0.05, 0) is 18.6 Å². The first-order valence-electron chi connectivity index (χ1n) is 4.68. The van der Waals surface area contributed by atoms with Gasteiger partial charge in [-0.2, -0.15) is 0 Å². The molecular formula is C11H15ClO2. The number of methoxy groups -OCH3 is 1. The Balaban J connectivity index is 2.49. The maximum atomic E-state index is 5.93. The van der Waals surface area contributed by atoms with Crippen LogP contribution in [0.2, 0.25) is 5.02 Å². The summed E-state index contributed by atoms with van der Waals surface area (Å²) in [6, 6.07) is 7.44. The lowest BCUT2D eigenvalue weighted by Crippen LogP contribution is -2.19. The normalized spacial score (nSPS) is 12.5. The number of halogens is 1. The fourth-order valence-corrected chi connectivity index (χ4v) is 1.29. The van der Waals surface area contributed by atoms with Crippen LogP contribution in [0.3, 0.4) is 0 Å². The van der Waals surface area contributed by atoms with E-state index in [2.05, 4.69) is 6.92 Å². The van der Waals surface area contributed by atoms with Crippen molar-refractivity contribution in [3.63, 3.8) is 0 Å². The van der Waals surface area contributed by atoms with Crippen LogP contribution in [0.5, 0.6) is 5.75 Å². The molecule has 2 nitrogen and oxygen atoms in total. The van der Waals surface area contributed by atoms with Crippen molar-refractivity contribution in [2.24, 2.45) is 0 Å². The Hall–Kier alpha value is -0.730. The fraction of sp³-hybridized carbons (Fsp3) is 0.455. The van der Waals surface area contributed by atoms with E-state index in [1.54, 1.807) is 7.11 Å². The van der Waals surface area contributed by atoms with Crippen molar-refractivity contribution < 1.29 is 9.47 Å². The van der Waals surface area contributed by atoms with E-state index in [1.165, 1.54) is 0 Å². The van der Waals surface area contributed by atoms with Crippen LogP contribution in [-0.4, -0.2) is 19.8 Å². The average molecular weight is 215 g/mol. The average Bonchev–Trinajstić information content (AvgIpc) is 2.22. The van der Waals surface area contributed by atoms with Gasteiger partial charge in [-0.25, -0.2) is 0 Å². The lowest BCUT2D eigenvalue weighted by atomic mass is 10.3. The highest BCUT2D eigenvalue weighted by Gasteiger charge is 2.06. The van der Waals surface area contributed by atoms with Crippen LogP contribution in [0.1, 0.15) is 13.3 Å². The molecule has 1 aromatic rings. The zero-order valence-corrected chi connectivity index (χ0v) is 9.25. The summed E-state index contributed by atoms with van der Waals surface area (Å²) in [6.07, 6.45) is 1.06. The second-order valence-electron chi connectivity index (χ2n) is 3.01. The van der Waals surface area contributed by atoms with E-state index in [1.807, 2.05) is 24.3 Å². The van der Waals surface area contributed by atoms with E-state index in [0.717, 1.165) is 6.42 Å². The third-order valence-corrected chi connectivity index (χ3v) is 2.36. The van der Waals surface area contributed by atoms with Gasteiger partial charge < -0.3 is 9.47 Å². The lowest BCUT2D eigenvalue weighted by molar-refractivity contribution is 0.0556. The Bertz CT molecular complexity index is 272. The number of para-hydroxylation sites is 1. The summed E-state index contributed by atoms with van der Waals surface area (Å²) in [5.41, 5.74) is 0. The molecule has 0 aromatic heterocycles. The van der Waals surface area contributed by atoms with Gasteiger partial charge in [0.15, 0.2) is 0 Å². The van der Waals surface area contributed by atoms with Crippen LogP contribution >= 0.6 is 11.6 Å². The Kier molecular flexibility index (Phi) is 4.77. The smallest absolute Gasteiger partial charge is 0.138 e. The first-order chi connectivity index (χ1) is 6.77.